The smallest absolute Gasteiger partial charge is 0.0964 e. The highest BCUT2D eigenvalue weighted by Crippen LogP contribution is 2.36. The monoisotopic (exact) mass is 369 g/mol. The van der Waals surface area contributed by atoms with Crippen molar-refractivity contribution in [3.63, 3.8) is 0 Å². The van der Waals surface area contributed by atoms with Gasteiger partial charge in [0.25, 0.3) is 0 Å². The third kappa shape index (κ3) is 2.84. The third-order valence-corrected chi connectivity index (χ3v) is 5.53. The van der Waals surface area contributed by atoms with Gasteiger partial charge in [0.05, 0.1) is 35.3 Å². The minimum Gasteiger partial charge on any atom is -0.326 e. The summed E-state index contributed by atoms with van der Waals surface area (Å²) in [5.74, 6) is 0. The molecule has 0 saturated carbocycles. The Morgan fingerprint density at radius 3 is 2.46 bits per heavy atom. The molecule has 1 atom stereocenters. The molecule has 4 aromatic rings. The first-order valence-corrected chi connectivity index (χ1v) is 9.76. The molecule has 2 aromatic heterocycles. The highest BCUT2D eigenvalue weighted by atomic mass is 15.3. The first-order chi connectivity index (χ1) is 13.8. The van der Waals surface area contributed by atoms with Gasteiger partial charge in [-0.25, -0.2) is 9.67 Å². The van der Waals surface area contributed by atoms with E-state index in [0.717, 1.165) is 53.4 Å². The van der Waals surface area contributed by atoms with Crippen LogP contribution in [-0.4, -0.2) is 32.4 Å². The van der Waals surface area contributed by atoms with Gasteiger partial charge in [-0.15, -0.1) is 0 Å². The fourth-order valence-electron chi connectivity index (χ4n) is 4.06. The van der Waals surface area contributed by atoms with Gasteiger partial charge >= 0.3 is 0 Å². The predicted octanol–water partition coefficient (Wildman–Crippen LogP) is 4.25. The summed E-state index contributed by atoms with van der Waals surface area (Å²) >= 11 is 0. The van der Waals surface area contributed by atoms with Crippen LogP contribution in [0.3, 0.4) is 0 Å². The number of rotatable bonds is 4. The molecule has 5 nitrogen and oxygen atoms in total. The van der Waals surface area contributed by atoms with Crippen molar-refractivity contribution < 1.29 is 0 Å². The molecule has 5 rings (SSSR count). The van der Waals surface area contributed by atoms with Crippen molar-refractivity contribution in [3.8, 4) is 28.2 Å². The summed E-state index contributed by atoms with van der Waals surface area (Å²) in [6.45, 7) is 4.16. The van der Waals surface area contributed by atoms with Crippen molar-refractivity contribution in [1.29, 1.82) is 0 Å². The van der Waals surface area contributed by atoms with E-state index in [1.54, 1.807) is 0 Å². The third-order valence-electron chi connectivity index (χ3n) is 5.53. The van der Waals surface area contributed by atoms with E-state index in [4.69, 9.17) is 10.1 Å². The van der Waals surface area contributed by atoms with Crippen molar-refractivity contribution in [1.82, 2.24) is 24.6 Å². The van der Waals surface area contributed by atoms with Gasteiger partial charge in [-0.3, -0.25) is 0 Å². The van der Waals surface area contributed by atoms with E-state index in [0.29, 0.717) is 6.04 Å². The van der Waals surface area contributed by atoms with E-state index in [1.807, 2.05) is 41.5 Å². The molecule has 0 bridgehead atoms. The molecule has 1 saturated heterocycles. The quantitative estimate of drug-likeness (QED) is 0.585. The second-order valence-corrected chi connectivity index (χ2v) is 7.25. The summed E-state index contributed by atoms with van der Waals surface area (Å²) in [6, 6.07) is 21.1. The van der Waals surface area contributed by atoms with Crippen molar-refractivity contribution >= 4 is 0 Å². The molecule has 28 heavy (non-hydrogen) atoms. The maximum absolute atomic E-state index is 4.83. The van der Waals surface area contributed by atoms with Crippen LogP contribution >= 0.6 is 0 Å². The van der Waals surface area contributed by atoms with Crippen LogP contribution in [0.25, 0.3) is 28.2 Å². The summed E-state index contributed by atoms with van der Waals surface area (Å²) in [6.07, 6.45) is 5.09. The van der Waals surface area contributed by atoms with Crippen molar-refractivity contribution in [2.45, 2.75) is 19.4 Å². The van der Waals surface area contributed by atoms with E-state index in [9.17, 15) is 0 Å². The lowest BCUT2D eigenvalue weighted by atomic mass is 10.0. The highest BCUT2D eigenvalue weighted by Gasteiger charge is 2.25. The maximum atomic E-state index is 4.83. The maximum Gasteiger partial charge on any atom is 0.0964 e. The van der Waals surface area contributed by atoms with Gasteiger partial charge in [0.2, 0.25) is 0 Å². The Bertz CT molecular complexity index is 1070. The average Bonchev–Trinajstić information content (AvgIpc) is 3.48. The van der Waals surface area contributed by atoms with E-state index < -0.39 is 0 Å². The molecule has 2 aromatic carbocycles. The fourth-order valence-corrected chi connectivity index (χ4v) is 4.06. The molecule has 0 spiro atoms. The number of benzene rings is 2. The summed E-state index contributed by atoms with van der Waals surface area (Å²) in [5, 5.41) is 8.18. The molecular weight excluding hydrogens is 346 g/mol. The number of aromatic nitrogens is 4. The van der Waals surface area contributed by atoms with Crippen LogP contribution in [0.5, 0.6) is 0 Å². The van der Waals surface area contributed by atoms with Crippen molar-refractivity contribution in [3.05, 3.63) is 78.9 Å². The number of nitrogens with one attached hydrogen (secondary N) is 1. The molecule has 1 N–H and O–H groups in total. The number of imidazole rings is 1. The largest absolute Gasteiger partial charge is 0.326 e. The minimum absolute atomic E-state index is 0.416. The standard InChI is InChI=1S/C23H23N5/c1-17-21(15-26-28(17)19-10-6-3-7-11-19)23-22(18-8-4-2-5-9-18)25-16-27(23)20-12-13-24-14-20/h2-11,15-16,20,24H,12-14H2,1H3. The SMILES string of the molecule is Cc1c(-c2c(-c3ccccc3)ncn2C2CCNC2)cnn1-c1ccccc1. The molecule has 0 radical (unpaired) electrons. The topological polar surface area (TPSA) is 47.7 Å². The fraction of sp³-hybridized carbons (Fsp3) is 0.217. The van der Waals surface area contributed by atoms with Crippen LogP contribution in [-0.2, 0) is 0 Å². The first-order valence-electron chi connectivity index (χ1n) is 9.76. The van der Waals surface area contributed by atoms with Crippen LogP contribution < -0.4 is 5.32 Å². The zero-order valence-corrected chi connectivity index (χ0v) is 15.9. The van der Waals surface area contributed by atoms with E-state index in [-0.39, 0.29) is 0 Å². The Balaban J connectivity index is 1.69. The van der Waals surface area contributed by atoms with Crippen molar-refractivity contribution in [2.75, 3.05) is 13.1 Å². The van der Waals surface area contributed by atoms with Crippen LogP contribution in [0.4, 0.5) is 0 Å². The lowest BCUT2D eigenvalue weighted by molar-refractivity contribution is 0.551. The Morgan fingerprint density at radius 1 is 1.00 bits per heavy atom. The molecular formula is C23H23N5. The Kier molecular flexibility index (Phi) is 4.29. The summed E-state index contributed by atoms with van der Waals surface area (Å²) in [7, 11) is 0. The molecule has 0 aliphatic carbocycles. The molecule has 0 amide bonds. The first kappa shape index (κ1) is 17.0. The summed E-state index contributed by atoms with van der Waals surface area (Å²) in [5.41, 5.74) is 6.63. The highest BCUT2D eigenvalue weighted by molar-refractivity contribution is 5.79. The van der Waals surface area contributed by atoms with Gasteiger partial charge < -0.3 is 9.88 Å². The molecule has 3 heterocycles. The van der Waals surface area contributed by atoms with Gasteiger partial charge in [-0.1, -0.05) is 48.5 Å². The lowest BCUT2D eigenvalue weighted by Gasteiger charge is -2.16. The van der Waals surface area contributed by atoms with Crippen LogP contribution in [0.1, 0.15) is 18.2 Å². The van der Waals surface area contributed by atoms with Gasteiger partial charge in [0, 0.05) is 23.7 Å². The van der Waals surface area contributed by atoms with Gasteiger partial charge in [-0.05, 0) is 32.0 Å². The Morgan fingerprint density at radius 2 is 1.75 bits per heavy atom. The van der Waals surface area contributed by atoms with Gasteiger partial charge in [0.1, 0.15) is 0 Å². The molecule has 1 aliphatic heterocycles. The number of hydrogen-bond donors (Lipinski definition) is 1. The van der Waals surface area contributed by atoms with Crippen LogP contribution in [0.15, 0.2) is 73.2 Å². The summed E-state index contributed by atoms with van der Waals surface area (Å²) in [4.78, 5) is 4.83. The Hall–Kier alpha value is -3.18. The molecule has 1 unspecified atom stereocenters. The van der Waals surface area contributed by atoms with E-state index >= 15 is 0 Å². The summed E-state index contributed by atoms with van der Waals surface area (Å²) < 4.78 is 4.34. The number of nitrogens with zero attached hydrogens (tertiary/aromatic N) is 4. The zero-order valence-electron chi connectivity index (χ0n) is 15.9. The van der Waals surface area contributed by atoms with Crippen LogP contribution in [0.2, 0.25) is 0 Å². The zero-order chi connectivity index (χ0) is 18.9. The van der Waals surface area contributed by atoms with E-state index in [2.05, 4.69) is 53.2 Å². The second kappa shape index (κ2) is 7.09. The number of para-hydroxylation sites is 1. The Labute approximate surface area is 164 Å². The van der Waals surface area contributed by atoms with E-state index in [1.165, 1.54) is 0 Å². The molecule has 140 valence electrons. The molecule has 1 fully saturated rings. The van der Waals surface area contributed by atoms with Crippen LogP contribution in [0, 0.1) is 6.92 Å². The molecule has 1 aliphatic rings. The lowest BCUT2D eigenvalue weighted by Crippen LogP contribution is -2.13. The van der Waals surface area contributed by atoms with Gasteiger partial charge in [-0.2, -0.15) is 5.10 Å². The second-order valence-electron chi connectivity index (χ2n) is 7.25. The average molecular weight is 369 g/mol. The van der Waals surface area contributed by atoms with Crippen molar-refractivity contribution in [2.24, 2.45) is 0 Å². The normalized spacial score (nSPS) is 16.5. The van der Waals surface area contributed by atoms with Gasteiger partial charge in [0.15, 0.2) is 0 Å². The molecule has 5 heteroatoms. The predicted molar refractivity (Wildman–Crippen MR) is 111 cm³/mol. The minimum atomic E-state index is 0.416. The number of hydrogen-bond acceptors (Lipinski definition) is 3.